The first kappa shape index (κ1) is 11.3. The van der Waals surface area contributed by atoms with Crippen molar-refractivity contribution in [1.29, 1.82) is 0 Å². The number of aromatic nitrogens is 2. The number of hydrogen-bond donors (Lipinski definition) is 2. The molecule has 4 nitrogen and oxygen atoms in total. The topological polar surface area (TPSA) is 55.9 Å². The molecule has 5 heteroatoms. The van der Waals surface area contributed by atoms with Crippen LogP contribution in [0.4, 0.5) is 0 Å². The molecular formula is C11H16N4S. The van der Waals surface area contributed by atoms with Crippen LogP contribution in [0.2, 0.25) is 0 Å². The zero-order valence-electron chi connectivity index (χ0n) is 9.47. The summed E-state index contributed by atoms with van der Waals surface area (Å²) >= 11 is 1.75. The molecule has 0 aromatic carbocycles. The Hall–Kier alpha value is -1.17. The molecule has 0 spiro atoms. The van der Waals surface area contributed by atoms with E-state index in [1.54, 1.807) is 11.3 Å². The van der Waals surface area contributed by atoms with E-state index in [4.69, 9.17) is 5.84 Å². The number of nitrogens with zero attached hydrogens (tertiary/aromatic N) is 2. The second kappa shape index (κ2) is 4.78. The van der Waals surface area contributed by atoms with Crippen molar-refractivity contribution in [2.75, 3.05) is 0 Å². The largest absolute Gasteiger partial charge is 0.271 e. The Bertz CT molecular complexity index is 447. The summed E-state index contributed by atoms with van der Waals surface area (Å²) in [7, 11) is 1.95. The number of rotatable bonds is 4. The summed E-state index contributed by atoms with van der Waals surface area (Å²) < 4.78 is 1.88. The van der Waals surface area contributed by atoms with Gasteiger partial charge in [-0.05, 0) is 24.4 Å². The van der Waals surface area contributed by atoms with Gasteiger partial charge in [0.25, 0.3) is 0 Å². The molecule has 0 saturated carbocycles. The van der Waals surface area contributed by atoms with Gasteiger partial charge in [-0.15, -0.1) is 11.3 Å². The van der Waals surface area contributed by atoms with Crippen LogP contribution in [0.3, 0.4) is 0 Å². The fourth-order valence-electron chi connectivity index (χ4n) is 1.84. The van der Waals surface area contributed by atoms with Gasteiger partial charge in [0.05, 0.1) is 17.4 Å². The van der Waals surface area contributed by atoms with Gasteiger partial charge in [0.2, 0.25) is 0 Å². The van der Waals surface area contributed by atoms with E-state index >= 15 is 0 Å². The van der Waals surface area contributed by atoms with Gasteiger partial charge in [-0.25, -0.2) is 0 Å². The van der Waals surface area contributed by atoms with E-state index in [9.17, 15) is 0 Å². The molecule has 0 aliphatic heterocycles. The lowest BCUT2D eigenvalue weighted by molar-refractivity contribution is 0.511. The van der Waals surface area contributed by atoms with Gasteiger partial charge in [-0.3, -0.25) is 16.0 Å². The number of thiophene rings is 1. The maximum absolute atomic E-state index is 5.61. The van der Waals surface area contributed by atoms with E-state index < -0.39 is 0 Å². The van der Waals surface area contributed by atoms with E-state index in [1.807, 2.05) is 18.7 Å². The predicted molar refractivity (Wildman–Crippen MR) is 66.0 cm³/mol. The highest BCUT2D eigenvalue weighted by atomic mass is 32.1. The summed E-state index contributed by atoms with van der Waals surface area (Å²) in [5, 5.41) is 6.41. The highest BCUT2D eigenvalue weighted by Crippen LogP contribution is 2.20. The standard InChI is InChI=1S/C11H16N4S/c1-8-6-11(15(2)14-8)10(13-12)7-9-4-3-5-16-9/h3-6,10,13H,7,12H2,1-2H3. The molecule has 0 bridgehead atoms. The van der Waals surface area contributed by atoms with Crippen molar-refractivity contribution >= 4 is 11.3 Å². The SMILES string of the molecule is Cc1cc(C(Cc2cccs2)NN)n(C)n1. The van der Waals surface area contributed by atoms with Gasteiger partial charge >= 0.3 is 0 Å². The lowest BCUT2D eigenvalue weighted by atomic mass is 10.1. The highest BCUT2D eigenvalue weighted by Gasteiger charge is 2.15. The second-order valence-electron chi connectivity index (χ2n) is 3.84. The molecule has 2 aromatic rings. The molecule has 86 valence electrons. The Morgan fingerprint density at radius 1 is 1.62 bits per heavy atom. The van der Waals surface area contributed by atoms with E-state index in [0.717, 1.165) is 17.8 Å². The van der Waals surface area contributed by atoms with Crippen molar-refractivity contribution < 1.29 is 0 Å². The normalized spacial score (nSPS) is 12.9. The van der Waals surface area contributed by atoms with Gasteiger partial charge in [0.15, 0.2) is 0 Å². The van der Waals surface area contributed by atoms with Crippen LogP contribution in [0.15, 0.2) is 23.6 Å². The molecule has 0 aliphatic carbocycles. The number of nitrogens with one attached hydrogen (secondary N) is 1. The van der Waals surface area contributed by atoms with Crippen molar-refractivity contribution in [2.45, 2.75) is 19.4 Å². The fraction of sp³-hybridized carbons (Fsp3) is 0.364. The first-order valence-electron chi connectivity index (χ1n) is 5.19. The van der Waals surface area contributed by atoms with Crippen LogP contribution in [-0.4, -0.2) is 9.78 Å². The van der Waals surface area contributed by atoms with Crippen molar-refractivity contribution in [3.05, 3.63) is 39.8 Å². The molecule has 0 saturated heterocycles. The van der Waals surface area contributed by atoms with Crippen LogP contribution in [0.25, 0.3) is 0 Å². The molecule has 0 amide bonds. The third-order valence-corrected chi connectivity index (χ3v) is 3.48. The van der Waals surface area contributed by atoms with Crippen LogP contribution in [0, 0.1) is 6.92 Å². The minimum absolute atomic E-state index is 0.116. The summed E-state index contributed by atoms with van der Waals surface area (Å²) in [6.45, 7) is 1.99. The van der Waals surface area contributed by atoms with Crippen LogP contribution < -0.4 is 11.3 Å². The molecule has 2 rings (SSSR count). The van der Waals surface area contributed by atoms with Crippen LogP contribution in [0.1, 0.15) is 22.3 Å². The summed E-state index contributed by atoms with van der Waals surface area (Å²) in [6.07, 6.45) is 0.896. The van der Waals surface area contributed by atoms with E-state index in [1.165, 1.54) is 4.88 Å². The molecule has 16 heavy (non-hydrogen) atoms. The Morgan fingerprint density at radius 2 is 2.44 bits per heavy atom. The lowest BCUT2D eigenvalue weighted by Gasteiger charge is -2.15. The molecule has 0 radical (unpaired) electrons. The monoisotopic (exact) mass is 236 g/mol. The number of aryl methyl sites for hydroxylation is 2. The van der Waals surface area contributed by atoms with Gasteiger partial charge in [0, 0.05) is 18.3 Å². The maximum atomic E-state index is 5.61. The van der Waals surface area contributed by atoms with Crippen molar-refractivity contribution in [3.63, 3.8) is 0 Å². The predicted octanol–water partition coefficient (Wildman–Crippen LogP) is 1.54. The molecular weight excluding hydrogens is 220 g/mol. The minimum atomic E-state index is 0.116. The van der Waals surface area contributed by atoms with E-state index in [2.05, 4.69) is 34.1 Å². The number of hydrogen-bond acceptors (Lipinski definition) is 4. The molecule has 0 aliphatic rings. The summed E-state index contributed by atoms with van der Waals surface area (Å²) in [5.74, 6) is 5.61. The Kier molecular flexibility index (Phi) is 3.38. The Morgan fingerprint density at radius 3 is 2.94 bits per heavy atom. The highest BCUT2D eigenvalue weighted by molar-refractivity contribution is 7.09. The molecule has 1 atom stereocenters. The Labute approximate surface area is 99.1 Å². The summed E-state index contributed by atoms with van der Waals surface area (Å²) in [4.78, 5) is 1.32. The average Bonchev–Trinajstić information content (AvgIpc) is 2.85. The number of nitrogens with two attached hydrogens (primary N) is 1. The van der Waals surface area contributed by atoms with Crippen molar-refractivity contribution in [2.24, 2.45) is 12.9 Å². The van der Waals surface area contributed by atoms with Crippen LogP contribution in [-0.2, 0) is 13.5 Å². The lowest BCUT2D eigenvalue weighted by Crippen LogP contribution is -2.30. The van der Waals surface area contributed by atoms with E-state index in [0.29, 0.717) is 0 Å². The molecule has 2 aromatic heterocycles. The molecule has 0 fully saturated rings. The third-order valence-electron chi connectivity index (χ3n) is 2.58. The first-order chi connectivity index (χ1) is 7.70. The zero-order valence-corrected chi connectivity index (χ0v) is 10.3. The van der Waals surface area contributed by atoms with Crippen LogP contribution in [0.5, 0.6) is 0 Å². The van der Waals surface area contributed by atoms with Crippen molar-refractivity contribution in [1.82, 2.24) is 15.2 Å². The maximum Gasteiger partial charge on any atom is 0.0677 e. The van der Waals surface area contributed by atoms with Gasteiger partial charge in [0.1, 0.15) is 0 Å². The summed E-state index contributed by atoms with van der Waals surface area (Å²) in [6, 6.07) is 6.36. The second-order valence-corrected chi connectivity index (χ2v) is 4.87. The van der Waals surface area contributed by atoms with E-state index in [-0.39, 0.29) is 6.04 Å². The first-order valence-corrected chi connectivity index (χ1v) is 6.07. The molecule has 2 heterocycles. The van der Waals surface area contributed by atoms with Gasteiger partial charge in [-0.2, -0.15) is 5.10 Å². The quantitative estimate of drug-likeness (QED) is 0.625. The van der Waals surface area contributed by atoms with Gasteiger partial charge < -0.3 is 0 Å². The van der Waals surface area contributed by atoms with Crippen LogP contribution >= 0.6 is 11.3 Å². The molecule has 3 N–H and O–H groups in total. The number of hydrazine groups is 1. The molecule has 1 unspecified atom stereocenters. The minimum Gasteiger partial charge on any atom is -0.271 e. The van der Waals surface area contributed by atoms with Gasteiger partial charge in [-0.1, -0.05) is 6.07 Å². The third kappa shape index (κ3) is 2.32. The average molecular weight is 236 g/mol. The Balaban J connectivity index is 2.19. The zero-order chi connectivity index (χ0) is 11.5. The smallest absolute Gasteiger partial charge is 0.0677 e. The van der Waals surface area contributed by atoms with Crippen molar-refractivity contribution in [3.8, 4) is 0 Å². The summed E-state index contributed by atoms with van der Waals surface area (Å²) in [5.41, 5.74) is 4.99. The fourth-order valence-corrected chi connectivity index (χ4v) is 2.59.